The number of carboxylic acids is 1. The van der Waals surface area contributed by atoms with Gasteiger partial charge in [0.2, 0.25) is 5.91 Å². The molecule has 1 atom stereocenters. The van der Waals surface area contributed by atoms with E-state index in [-0.39, 0.29) is 12.3 Å². The average Bonchev–Trinajstić information content (AvgIpc) is 2.61. The molecule has 0 radical (unpaired) electrons. The van der Waals surface area contributed by atoms with Crippen LogP contribution in [0.1, 0.15) is 19.8 Å². The van der Waals surface area contributed by atoms with Crippen LogP contribution in [-0.2, 0) is 9.59 Å². The number of rotatable bonds is 9. The van der Waals surface area contributed by atoms with Gasteiger partial charge in [0.25, 0.3) is 0 Å². The fourth-order valence-corrected chi connectivity index (χ4v) is 2.19. The minimum atomic E-state index is -1.03. The number of benzene rings is 2. The van der Waals surface area contributed by atoms with E-state index in [1.165, 1.54) is 0 Å². The maximum Gasteiger partial charge on any atom is 0.321 e. The van der Waals surface area contributed by atoms with Crippen molar-refractivity contribution in [3.05, 3.63) is 54.6 Å². The summed E-state index contributed by atoms with van der Waals surface area (Å²) < 4.78 is 5.68. The predicted molar refractivity (Wildman–Crippen MR) is 95.9 cm³/mol. The van der Waals surface area contributed by atoms with Gasteiger partial charge in [0.05, 0.1) is 6.42 Å². The van der Waals surface area contributed by atoms with Crippen LogP contribution in [0.2, 0.25) is 0 Å². The second kappa shape index (κ2) is 9.44. The molecule has 6 nitrogen and oxygen atoms in total. The number of para-hydroxylation sites is 1. The van der Waals surface area contributed by atoms with E-state index in [4.69, 9.17) is 9.84 Å². The van der Waals surface area contributed by atoms with Gasteiger partial charge in [-0.05, 0) is 49.4 Å². The van der Waals surface area contributed by atoms with Crippen LogP contribution in [0.3, 0.4) is 0 Å². The molecular formula is C19H22N2O4. The van der Waals surface area contributed by atoms with Crippen molar-refractivity contribution in [1.82, 2.24) is 5.32 Å². The van der Waals surface area contributed by atoms with Crippen LogP contribution >= 0.6 is 0 Å². The second-order valence-electron chi connectivity index (χ2n) is 5.54. The first-order chi connectivity index (χ1) is 12.1. The number of hydrogen-bond acceptors (Lipinski definition) is 4. The largest absolute Gasteiger partial charge is 0.480 e. The quantitative estimate of drug-likeness (QED) is 0.651. The summed E-state index contributed by atoms with van der Waals surface area (Å²) in [6.45, 7) is 2.49. The van der Waals surface area contributed by atoms with Crippen molar-refractivity contribution in [2.75, 3.05) is 11.9 Å². The molecule has 2 rings (SSSR count). The molecule has 0 aliphatic carbocycles. The third-order valence-corrected chi connectivity index (χ3v) is 3.45. The summed E-state index contributed by atoms with van der Waals surface area (Å²) in [6, 6.07) is 15.4. The lowest BCUT2D eigenvalue weighted by Crippen LogP contribution is -2.40. The Labute approximate surface area is 146 Å². The molecule has 0 aliphatic heterocycles. The molecule has 0 bridgehead atoms. The number of anilines is 1. The minimum absolute atomic E-state index is 0.127. The van der Waals surface area contributed by atoms with Crippen LogP contribution in [0.15, 0.2) is 54.6 Å². The summed E-state index contributed by atoms with van der Waals surface area (Å²) >= 11 is 0. The van der Waals surface area contributed by atoms with E-state index in [1.807, 2.05) is 37.3 Å². The number of carbonyl (C=O) groups excluding carboxylic acids is 1. The van der Waals surface area contributed by atoms with Gasteiger partial charge in [0.1, 0.15) is 17.5 Å². The van der Waals surface area contributed by atoms with Gasteiger partial charge in [-0.3, -0.25) is 9.59 Å². The highest BCUT2D eigenvalue weighted by molar-refractivity contribution is 5.94. The third kappa shape index (κ3) is 6.27. The molecule has 3 N–H and O–H groups in total. The van der Waals surface area contributed by atoms with Gasteiger partial charge >= 0.3 is 5.97 Å². The first-order valence-corrected chi connectivity index (χ1v) is 8.17. The molecule has 0 saturated heterocycles. The lowest BCUT2D eigenvalue weighted by Gasteiger charge is -2.14. The Morgan fingerprint density at radius 3 is 2.28 bits per heavy atom. The van der Waals surface area contributed by atoms with Crippen molar-refractivity contribution in [2.24, 2.45) is 0 Å². The monoisotopic (exact) mass is 342 g/mol. The highest BCUT2D eigenvalue weighted by atomic mass is 16.5. The first kappa shape index (κ1) is 18.5. The number of hydrogen-bond donors (Lipinski definition) is 3. The summed E-state index contributed by atoms with van der Waals surface area (Å²) in [5.74, 6) is -0.00857. The molecule has 2 aromatic carbocycles. The van der Waals surface area contributed by atoms with E-state index in [0.717, 1.165) is 12.2 Å². The van der Waals surface area contributed by atoms with Gasteiger partial charge in [0, 0.05) is 5.69 Å². The lowest BCUT2D eigenvalue weighted by molar-refractivity contribution is -0.141. The number of carbonyl (C=O) groups is 2. The summed E-state index contributed by atoms with van der Waals surface area (Å²) in [7, 11) is 0. The van der Waals surface area contributed by atoms with E-state index in [2.05, 4.69) is 10.6 Å². The van der Waals surface area contributed by atoms with E-state index >= 15 is 0 Å². The lowest BCUT2D eigenvalue weighted by atomic mass is 10.2. The zero-order chi connectivity index (χ0) is 18.1. The standard InChI is InChI=1S/C19H22N2O4/c1-2-12-20-17(19(23)24)13-18(22)21-14-8-10-16(11-9-14)25-15-6-4-3-5-7-15/h3-11,17,20H,2,12-13H2,1H3,(H,21,22)(H,23,24)/t17-/m1/s1. The van der Waals surface area contributed by atoms with Crippen molar-refractivity contribution < 1.29 is 19.4 Å². The summed E-state index contributed by atoms with van der Waals surface area (Å²) in [5, 5.41) is 14.7. The normalized spacial score (nSPS) is 11.6. The highest BCUT2D eigenvalue weighted by Crippen LogP contribution is 2.22. The molecule has 0 unspecified atom stereocenters. The van der Waals surface area contributed by atoms with Crippen LogP contribution < -0.4 is 15.4 Å². The molecule has 6 heteroatoms. The zero-order valence-corrected chi connectivity index (χ0v) is 14.1. The van der Waals surface area contributed by atoms with Crippen molar-refractivity contribution in [1.29, 1.82) is 0 Å². The molecule has 0 aromatic heterocycles. The average molecular weight is 342 g/mol. The Hall–Kier alpha value is -2.86. The van der Waals surface area contributed by atoms with Crippen LogP contribution in [0, 0.1) is 0 Å². The van der Waals surface area contributed by atoms with Crippen LogP contribution in [-0.4, -0.2) is 29.6 Å². The summed E-state index contributed by atoms with van der Waals surface area (Å²) in [4.78, 5) is 23.2. The third-order valence-electron chi connectivity index (χ3n) is 3.45. The fraction of sp³-hybridized carbons (Fsp3) is 0.263. The topological polar surface area (TPSA) is 87.7 Å². The summed E-state index contributed by atoms with van der Waals surface area (Å²) in [6.07, 6.45) is 0.672. The van der Waals surface area contributed by atoms with E-state index in [9.17, 15) is 9.59 Å². The fourth-order valence-electron chi connectivity index (χ4n) is 2.19. The van der Waals surface area contributed by atoms with Crippen molar-refractivity contribution in [2.45, 2.75) is 25.8 Å². The van der Waals surface area contributed by atoms with Crippen molar-refractivity contribution in [3.63, 3.8) is 0 Å². The molecule has 0 spiro atoms. The molecule has 0 saturated carbocycles. The Morgan fingerprint density at radius 2 is 1.68 bits per heavy atom. The molecule has 2 aromatic rings. The molecule has 0 fully saturated rings. The molecule has 25 heavy (non-hydrogen) atoms. The van der Waals surface area contributed by atoms with Crippen molar-refractivity contribution >= 4 is 17.6 Å². The molecule has 0 heterocycles. The van der Waals surface area contributed by atoms with Gasteiger partial charge in [0.15, 0.2) is 0 Å². The molecule has 132 valence electrons. The Morgan fingerprint density at radius 1 is 1.04 bits per heavy atom. The van der Waals surface area contributed by atoms with Gasteiger partial charge in [-0.25, -0.2) is 0 Å². The SMILES string of the molecule is CCCN[C@H](CC(=O)Nc1ccc(Oc2ccccc2)cc1)C(=O)O. The number of amides is 1. The minimum Gasteiger partial charge on any atom is -0.480 e. The molecule has 0 aliphatic rings. The second-order valence-corrected chi connectivity index (χ2v) is 5.54. The number of ether oxygens (including phenoxy) is 1. The van der Waals surface area contributed by atoms with Crippen molar-refractivity contribution in [3.8, 4) is 11.5 Å². The Bertz CT molecular complexity index is 686. The van der Waals surface area contributed by atoms with Gasteiger partial charge in [-0.2, -0.15) is 0 Å². The predicted octanol–water partition coefficient (Wildman–Crippen LogP) is 3.26. The van der Waals surface area contributed by atoms with Gasteiger partial charge in [-0.1, -0.05) is 25.1 Å². The maximum atomic E-state index is 12.0. The van der Waals surface area contributed by atoms with Crippen LogP contribution in [0.4, 0.5) is 5.69 Å². The van der Waals surface area contributed by atoms with Gasteiger partial charge < -0.3 is 20.5 Å². The van der Waals surface area contributed by atoms with E-state index < -0.39 is 12.0 Å². The summed E-state index contributed by atoms with van der Waals surface area (Å²) in [5.41, 5.74) is 0.588. The smallest absolute Gasteiger partial charge is 0.321 e. The van der Waals surface area contributed by atoms with Gasteiger partial charge in [-0.15, -0.1) is 0 Å². The number of nitrogens with one attached hydrogen (secondary N) is 2. The van der Waals surface area contributed by atoms with Crippen LogP contribution in [0.5, 0.6) is 11.5 Å². The number of aliphatic carboxylic acids is 1. The van der Waals surface area contributed by atoms with Crippen LogP contribution in [0.25, 0.3) is 0 Å². The Balaban J connectivity index is 1.89. The van der Waals surface area contributed by atoms with E-state index in [0.29, 0.717) is 18.0 Å². The Kier molecular flexibility index (Phi) is 6.98. The van der Waals surface area contributed by atoms with E-state index in [1.54, 1.807) is 24.3 Å². The zero-order valence-electron chi connectivity index (χ0n) is 14.1. The maximum absolute atomic E-state index is 12.0. The number of carboxylic acid groups (broad SMARTS) is 1. The molecule has 1 amide bonds. The first-order valence-electron chi connectivity index (χ1n) is 8.17. The highest BCUT2D eigenvalue weighted by Gasteiger charge is 2.20. The molecular weight excluding hydrogens is 320 g/mol.